The van der Waals surface area contributed by atoms with Crippen LogP contribution in [0.25, 0.3) is 0 Å². The van der Waals surface area contributed by atoms with Crippen molar-refractivity contribution in [1.82, 2.24) is 0 Å². The van der Waals surface area contributed by atoms with Crippen LogP contribution in [0.4, 0.5) is 0 Å². The minimum Gasteiger partial charge on any atom is -0.469 e. The van der Waals surface area contributed by atoms with Gasteiger partial charge in [-0.05, 0) is 12.3 Å². The van der Waals surface area contributed by atoms with Gasteiger partial charge in [0.05, 0.1) is 7.11 Å². The van der Waals surface area contributed by atoms with E-state index in [1.165, 1.54) is 13.5 Å². The van der Waals surface area contributed by atoms with E-state index in [0.29, 0.717) is 6.42 Å². The molecule has 0 spiro atoms. The highest BCUT2D eigenvalue weighted by Crippen LogP contribution is 2.10. The Kier molecular flexibility index (Phi) is 5.90. The molecule has 66 valence electrons. The van der Waals surface area contributed by atoms with Gasteiger partial charge in [0.2, 0.25) is 0 Å². The van der Waals surface area contributed by atoms with Crippen molar-refractivity contribution in [3.8, 4) is 0 Å². The van der Waals surface area contributed by atoms with E-state index >= 15 is 0 Å². The Morgan fingerprint density at radius 3 is 2.64 bits per heavy atom. The highest BCUT2D eigenvalue weighted by Gasteiger charge is 2.02. The van der Waals surface area contributed by atoms with Crippen LogP contribution in [0.2, 0.25) is 0 Å². The zero-order valence-electron chi connectivity index (χ0n) is 7.72. The zero-order valence-corrected chi connectivity index (χ0v) is 7.72. The third-order valence-corrected chi connectivity index (χ3v) is 2.00. The highest BCUT2D eigenvalue weighted by atomic mass is 16.5. The lowest BCUT2D eigenvalue weighted by atomic mass is 10.0. The molecule has 0 aliphatic carbocycles. The molecule has 0 unspecified atom stereocenters. The van der Waals surface area contributed by atoms with Crippen LogP contribution in [0, 0.1) is 5.92 Å². The molecule has 1 atom stereocenters. The van der Waals surface area contributed by atoms with Crippen molar-refractivity contribution in [1.29, 1.82) is 0 Å². The second-order valence-corrected chi connectivity index (χ2v) is 2.98. The molecule has 11 heavy (non-hydrogen) atoms. The molecule has 2 heteroatoms. The Morgan fingerprint density at radius 1 is 1.55 bits per heavy atom. The molecule has 0 aromatic heterocycles. The summed E-state index contributed by atoms with van der Waals surface area (Å²) in [6.45, 7) is 4.38. The van der Waals surface area contributed by atoms with Crippen LogP contribution in [0.15, 0.2) is 0 Å². The number of hydrogen-bond donors (Lipinski definition) is 0. The number of carbonyl (C=O) groups is 1. The van der Waals surface area contributed by atoms with Crippen molar-refractivity contribution in [3.05, 3.63) is 0 Å². The maximum atomic E-state index is 10.7. The van der Waals surface area contributed by atoms with E-state index in [2.05, 4.69) is 18.6 Å². The first-order valence-electron chi connectivity index (χ1n) is 4.27. The van der Waals surface area contributed by atoms with Crippen molar-refractivity contribution in [2.75, 3.05) is 7.11 Å². The van der Waals surface area contributed by atoms with Gasteiger partial charge in [-0.3, -0.25) is 4.79 Å². The summed E-state index contributed by atoms with van der Waals surface area (Å²) in [5, 5.41) is 0. The zero-order chi connectivity index (χ0) is 8.69. The van der Waals surface area contributed by atoms with Gasteiger partial charge >= 0.3 is 5.97 Å². The van der Waals surface area contributed by atoms with Crippen LogP contribution in [-0.2, 0) is 9.53 Å². The summed E-state index contributed by atoms with van der Waals surface area (Å²) in [4.78, 5) is 10.7. The number of hydrogen-bond acceptors (Lipinski definition) is 2. The molecule has 0 amide bonds. The number of carbonyl (C=O) groups excluding carboxylic acids is 1. The molecule has 0 aromatic carbocycles. The van der Waals surface area contributed by atoms with Crippen molar-refractivity contribution < 1.29 is 9.53 Å². The average molecular weight is 158 g/mol. The largest absolute Gasteiger partial charge is 0.469 e. The number of ether oxygens (including phenoxy) is 1. The number of rotatable bonds is 5. The van der Waals surface area contributed by atoms with Crippen molar-refractivity contribution in [3.63, 3.8) is 0 Å². The van der Waals surface area contributed by atoms with E-state index in [0.717, 1.165) is 18.8 Å². The van der Waals surface area contributed by atoms with Gasteiger partial charge in [-0.2, -0.15) is 0 Å². The van der Waals surface area contributed by atoms with Crippen LogP contribution in [0.1, 0.15) is 39.5 Å². The molecule has 0 heterocycles. The van der Waals surface area contributed by atoms with Crippen LogP contribution in [0.3, 0.4) is 0 Å². The fourth-order valence-electron chi connectivity index (χ4n) is 0.901. The SMILES string of the molecule is CC[C@@H](C)CCCC(=O)OC. The first-order chi connectivity index (χ1) is 5.20. The second-order valence-electron chi connectivity index (χ2n) is 2.98. The van der Waals surface area contributed by atoms with Crippen molar-refractivity contribution in [2.45, 2.75) is 39.5 Å². The molecule has 0 rings (SSSR count). The molecule has 0 saturated heterocycles. The van der Waals surface area contributed by atoms with Gasteiger partial charge in [0, 0.05) is 6.42 Å². The fourth-order valence-corrected chi connectivity index (χ4v) is 0.901. The minimum absolute atomic E-state index is 0.0895. The molecular weight excluding hydrogens is 140 g/mol. The molecular formula is C9H18O2. The highest BCUT2D eigenvalue weighted by molar-refractivity contribution is 5.68. The summed E-state index contributed by atoms with van der Waals surface area (Å²) >= 11 is 0. The standard InChI is InChI=1S/C9H18O2/c1-4-8(2)6-5-7-9(10)11-3/h8H,4-7H2,1-3H3/t8-/m1/s1. The molecule has 0 aliphatic rings. The maximum Gasteiger partial charge on any atom is 0.305 e. The van der Waals surface area contributed by atoms with E-state index in [-0.39, 0.29) is 5.97 Å². The Labute approximate surface area is 68.9 Å². The number of esters is 1. The molecule has 0 fully saturated rings. The van der Waals surface area contributed by atoms with Crippen LogP contribution < -0.4 is 0 Å². The third kappa shape index (κ3) is 5.89. The minimum atomic E-state index is -0.0895. The second kappa shape index (κ2) is 6.20. The summed E-state index contributed by atoms with van der Waals surface area (Å²) in [5.41, 5.74) is 0. The fraction of sp³-hybridized carbons (Fsp3) is 0.889. The number of methoxy groups -OCH3 is 1. The van der Waals surface area contributed by atoms with Gasteiger partial charge in [0.15, 0.2) is 0 Å². The molecule has 0 radical (unpaired) electrons. The van der Waals surface area contributed by atoms with Crippen LogP contribution in [0.5, 0.6) is 0 Å². The van der Waals surface area contributed by atoms with E-state index < -0.39 is 0 Å². The molecule has 0 bridgehead atoms. The lowest BCUT2D eigenvalue weighted by molar-refractivity contribution is -0.140. The maximum absolute atomic E-state index is 10.7. The lowest BCUT2D eigenvalue weighted by Crippen LogP contribution is -2.01. The summed E-state index contributed by atoms with van der Waals surface area (Å²) in [5.74, 6) is 0.646. The molecule has 0 aromatic rings. The van der Waals surface area contributed by atoms with Gasteiger partial charge in [-0.1, -0.05) is 26.7 Å². The van der Waals surface area contributed by atoms with Crippen LogP contribution in [-0.4, -0.2) is 13.1 Å². The van der Waals surface area contributed by atoms with Gasteiger partial charge in [-0.15, -0.1) is 0 Å². The van der Waals surface area contributed by atoms with Crippen LogP contribution >= 0.6 is 0 Å². The Morgan fingerprint density at radius 2 is 2.18 bits per heavy atom. The summed E-state index contributed by atoms with van der Waals surface area (Å²) in [6.07, 6.45) is 3.86. The summed E-state index contributed by atoms with van der Waals surface area (Å²) < 4.78 is 4.53. The smallest absolute Gasteiger partial charge is 0.305 e. The lowest BCUT2D eigenvalue weighted by Gasteiger charge is -2.05. The van der Waals surface area contributed by atoms with Crippen molar-refractivity contribution in [2.24, 2.45) is 5.92 Å². The predicted molar refractivity (Wildman–Crippen MR) is 45.3 cm³/mol. The quantitative estimate of drug-likeness (QED) is 0.574. The van der Waals surface area contributed by atoms with Gasteiger partial charge in [-0.25, -0.2) is 0 Å². The molecule has 0 N–H and O–H groups in total. The Balaban J connectivity index is 3.20. The molecule has 0 aliphatic heterocycles. The first-order valence-corrected chi connectivity index (χ1v) is 4.27. The molecule has 2 nitrogen and oxygen atoms in total. The topological polar surface area (TPSA) is 26.3 Å². The molecule has 0 saturated carbocycles. The van der Waals surface area contributed by atoms with E-state index in [9.17, 15) is 4.79 Å². The van der Waals surface area contributed by atoms with Gasteiger partial charge in [0.25, 0.3) is 0 Å². The Hall–Kier alpha value is -0.530. The van der Waals surface area contributed by atoms with Crippen molar-refractivity contribution >= 4 is 5.97 Å². The van der Waals surface area contributed by atoms with Gasteiger partial charge < -0.3 is 4.74 Å². The van der Waals surface area contributed by atoms with E-state index in [4.69, 9.17) is 0 Å². The average Bonchev–Trinajstić information content (AvgIpc) is 2.04. The normalized spacial score (nSPS) is 12.6. The monoisotopic (exact) mass is 158 g/mol. The van der Waals surface area contributed by atoms with E-state index in [1.54, 1.807) is 0 Å². The summed E-state index contributed by atoms with van der Waals surface area (Å²) in [6, 6.07) is 0. The first kappa shape index (κ1) is 10.5. The Bertz CT molecular complexity index is 110. The predicted octanol–water partition coefficient (Wildman–Crippen LogP) is 2.38. The summed E-state index contributed by atoms with van der Waals surface area (Å²) in [7, 11) is 1.44. The third-order valence-electron chi connectivity index (χ3n) is 2.00. The van der Waals surface area contributed by atoms with E-state index in [1.807, 2.05) is 0 Å². The van der Waals surface area contributed by atoms with Gasteiger partial charge in [0.1, 0.15) is 0 Å².